The lowest BCUT2D eigenvalue weighted by atomic mass is 10.1. The smallest absolute Gasteiger partial charge is 0.266 e. The third kappa shape index (κ3) is 5.11. The topological polar surface area (TPSA) is 67.0 Å². The summed E-state index contributed by atoms with van der Waals surface area (Å²) in [5.74, 6) is 0.234. The molecule has 0 aliphatic heterocycles. The number of rotatable bonds is 6. The van der Waals surface area contributed by atoms with Gasteiger partial charge in [-0.3, -0.25) is 4.79 Å². The minimum Gasteiger partial charge on any atom is -0.494 e. The van der Waals surface area contributed by atoms with E-state index in [0.717, 1.165) is 22.6 Å². The highest BCUT2D eigenvalue weighted by Gasteiger charge is 2.15. The van der Waals surface area contributed by atoms with E-state index in [0.29, 0.717) is 28.1 Å². The molecule has 31 heavy (non-hydrogen) atoms. The van der Waals surface area contributed by atoms with Gasteiger partial charge in [0.25, 0.3) is 5.91 Å². The van der Waals surface area contributed by atoms with E-state index in [4.69, 9.17) is 27.9 Å². The molecule has 0 radical (unpaired) electrons. The Bertz CT molecular complexity index is 1190. The Balaban J connectivity index is 1.87. The summed E-state index contributed by atoms with van der Waals surface area (Å²) in [7, 11) is 0. The lowest BCUT2D eigenvalue weighted by Crippen LogP contribution is -2.13. The van der Waals surface area contributed by atoms with Crippen LogP contribution in [0.15, 0.2) is 54.1 Å². The van der Waals surface area contributed by atoms with Gasteiger partial charge in [-0.2, -0.15) is 5.26 Å². The first kappa shape index (κ1) is 22.5. The van der Waals surface area contributed by atoms with Gasteiger partial charge < -0.3 is 14.6 Å². The fourth-order valence-corrected chi connectivity index (χ4v) is 3.55. The summed E-state index contributed by atoms with van der Waals surface area (Å²) in [6.45, 7) is 6.32. The molecule has 3 rings (SSSR count). The average Bonchev–Trinajstić information content (AvgIpc) is 3.02. The minimum absolute atomic E-state index is 0.00303. The molecule has 0 saturated carbocycles. The van der Waals surface area contributed by atoms with Gasteiger partial charge in [-0.15, -0.1) is 0 Å². The van der Waals surface area contributed by atoms with Crippen LogP contribution in [0.3, 0.4) is 0 Å². The molecule has 1 aromatic heterocycles. The molecule has 158 valence electrons. The molecular formula is C24H21Cl2N3O2. The second-order valence-corrected chi connectivity index (χ2v) is 7.66. The number of ether oxygens (including phenoxy) is 1. The summed E-state index contributed by atoms with van der Waals surface area (Å²) in [6, 6.07) is 16.3. The number of nitrogens with one attached hydrogen (secondary N) is 1. The average molecular weight is 454 g/mol. The monoisotopic (exact) mass is 453 g/mol. The third-order valence-corrected chi connectivity index (χ3v) is 5.46. The Morgan fingerprint density at radius 1 is 1.13 bits per heavy atom. The fourth-order valence-electron chi connectivity index (χ4n) is 3.26. The quantitative estimate of drug-likeness (QED) is 0.349. The molecule has 1 amide bonds. The molecular weight excluding hydrogens is 433 g/mol. The second kappa shape index (κ2) is 9.74. The first-order chi connectivity index (χ1) is 14.8. The zero-order chi connectivity index (χ0) is 22.5. The molecule has 0 aliphatic rings. The predicted octanol–water partition coefficient (Wildman–Crippen LogP) is 6.35. The van der Waals surface area contributed by atoms with E-state index < -0.39 is 5.91 Å². The maximum Gasteiger partial charge on any atom is 0.266 e. The van der Waals surface area contributed by atoms with Gasteiger partial charge >= 0.3 is 0 Å². The van der Waals surface area contributed by atoms with Crippen molar-refractivity contribution in [2.24, 2.45) is 0 Å². The lowest BCUT2D eigenvalue weighted by Gasteiger charge is -2.11. The summed E-state index contributed by atoms with van der Waals surface area (Å²) < 4.78 is 7.39. The van der Waals surface area contributed by atoms with E-state index in [1.165, 1.54) is 0 Å². The van der Waals surface area contributed by atoms with Gasteiger partial charge in [-0.25, -0.2) is 0 Å². The number of aromatic nitrogens is 1. The van der Waals surface area contributed by atoms with Gasteiger partial charge in [0.2, 0.25) is 0 Å². The van der Waals surface area contributed by atoms with Crippen LogP contribution < -0.4 is 10.1 Å². The Hall–Kier alpha value is -3.20. The summed E-state index contributed by atoms with van der Waals surface area (Å²) >= 11 is 12.2. The van der Waals surface area contributed by atoms with Gasteiger partial charge in [0.05, 0.1) is 16.7 Å². The van der Waals surface area contributed by atoms with Crippen LogP contribution in [0, 0.1) is 25.2 Å². The molecule has 0 spiro atoms. The molecule has 1 heterocycles. The summed E-state index contributed by atoms with van der Waals surface area (Å²) in [5.41, 5.74) is 4.01. The highest BCUT2D eigenvalue weighted by Crippen LogP contribution is 2.28. The van der Waals surface area contributed by atoms with Crippen molar-refractivity contribution in [1.82, 2.24) is 4.57 Å². The first-order valence-electron chi connectivity index (χ1n) is 9.64. The molecule has 1 N–H and O–H groups in total. The van der Waals surface area contributed by atoms with Gasteiger partial charge in [-0.05, 0) is 80.9 Å². The van der Waals surface area contributed by atoms with Crippen molar-refractivity contribution < 1.29 is 9.53 Å². The van der Waals surface area contributed by atoms with E-state index >= 15 is 0 Å². The number of hydrogen-bond donors (Lipinski definition) is 1. The number of amides is 1. The van der Waals surface area contributed by atoms with Crippen LogP contribution in [0.1, 0.15) is 23.9 Å². The van der Waals surface area contributed by atoms with Gasteiger partial charge in [0, 0.05) is 22.8 Å². The maximum atomic E-state index is 12.6. The number of halogens is 2. The van der Waals surface area contributed by atoms with E-state index in [1.54, 1.807) is 42.5 Å². The summed E-state index contributed by atoms with van der Waals surface area (Å²) in [6.07, 6.45) is 1.58. The molecule has 3 aromatic rings. The van der Waals surface area contributed by atoms with Gasteiger partial charge in [0.1, 0.15) is 17.4 Å². The summed E-state index contributed by atoms with van der Waals surface area (Å²) in [5, 5.41) is 13.2. The Morgan fingerprint density at radius 2 is 1.84 bits per heavy atom. The largest absolute Gasteiger partial charge is 0.494 e. The number of aryl methyl sites for hydroxylation is 1. The van der Waals surface area contributed by atoms with Crippen molar-refractivity contribution in [2.45, 2.75) is 20.8 Å². The van der Waals surface area contributed by atoms with Crippen molar-refractivity contribution in [1.29, 1.82) is 5.26 Å². The van der Waals surface area contributed by atoms with E-state index in [2.05, 4.69) is 5.32 Å². The number of hydrogen-bond acceptors (Lipinski definition) is 3. The van der Waals surface area contributed by atoms with Crippen molar-refractivity contribution >= 4 is 40.9 Å². The molecule has 7 heteroatoms. The van der Waals surface area contributed by atoms with Crippen molar-refractivity contribution in [3.8, 4) is 17.5 Å². The number of carbonyl (C=O) groups excluding carboxylic acids is 1. The zero-order valence-corrected chi connectivity index (χ0v) is 18.9. The van der Waals surface area contributed by atoms with Gasteiger partial charge in [0.15, 0.2) is 0 Å². The Labute approximate surface area is 191 Å². The zero-order valence-electron chi connectivity index (χ0n) is 17.4. The normalized spacial score (nSPS) is 11.2. The van der Waals surface area contributed by atoms with E-state index in [9.17, 15) is 10.1 Å². The Kier molecular flexibility index (Phi) is 7.06. The van der Waals surface area contributed by atoms with Crippen LogP contribution in [0.2, 0.25) is 10.0 Å². The van der Waals surface area contributed by atoms with Crippen LogP contribution in [0.5, 0.6) is 5.75 Å². The highest BCUT2D eigenvalue weighted by atomic mass is 35.5. The molecule has 0 atom stereocenters. The van der Waals surface area contributed by atoms with Crippen LogP contribution in [-0.2, 0) is 4.79 Å². The lowest BCUT2D eigenvalue weighted by molar-refractivity contribution is -0.112. The number of carbonyl (C=O) groups is 1. The van der Waals surface area contributed by atoms with Crippen molar-refractivity contribution in [2.75, 3.05) is 11.9 Å². The number of benzene rings is 2. The molecule has 0 unspecified atom stereocenters. The van der Waals surface area contributed by atoms with Crippen molar-refractivity contribution in [3.63, 3.8) is 0 Å². The second-order valence-electron chi connectivity index (χ2n) is 6.84. The molecule has 5 nitrogen and oxygen atoms in total. The highest BCUT2D eigenvalue weighted by molar-refractivity contribution is 6.42. The van der Waals surface area contributed by atoms with Crippen LogP contribution in [0.25, 0.3) is 11.8 Å². The standard InChI is InChI=1S/C24H21Cl2N3O2/c1-4-31-21-8-5-19(6-9-21)28-24(30)18(14-27)12-17-11-15(2)29(16(17)3)20-7-10-22(25)23(26)13-20/h5-13H,4H2,1-3H3,(H,28,30)/b18-12+. The SMILES string of the molecule is CCOc1ccc(NC(=O)/C(C#N)=C/c2cc(C)n(-c3ccc(Cl)c(Cl)c3)c2C)cc1. The van der Waals surface area contributed by atoms with Crippen LogP contribution >= 0.6 is 23.2 Å². The number of anilines is 1. The Morgan fingerprint density at radius 3 is 2.45 bits per heavy atom. The third-order valence-electron chi connectivity index (χ3n) is 4.72. The molecule has 2 aromatic carbocycles. The molecule has 0 aliphatic carbocycles. The maximum absolute atomic E-state index is 12.6. The summed E-state index contributed by atoms with van der Waals surface area (Å²) in [4.78, 5) is 12.6. The van der Waals surface area contributed by atoms with Crippen LogP contribution in [-0.4, -0.2) is 17.1 Å². The van der Waals surface area contributed by atoms with Gasteiger partial charge in [-0.1, -0.05) is 23.2 Å². The fraction of sp³-hybridized carbons (Fsp3) is 0.167. The molecule has 0 fully saturated rings. The predicted molar refractivity (Wildman–Crippen MR) is 125 cm³/mol. The molecule has 0 bridgehead atoms. The van der Waals surface area contributed by atoms with Crippen LogP contribution in [0.4, 0.5) is 5.69 Å². The van der Waals surface area contributed by atoms with Crippen molar-refractivity contribution in [3.05, 3.63) is 81.1 Å². The molecule has 0 saturated heterocycles. The minimum atomic E-state index is -0.481. The van der Waals surface area contributed by atoms with E-state index in [-0.39, 0.29) is 5.57 Å². The number of nitrogens with zero attached hydrogens (tertiary/aromatic N) is 2. The first-order valence-corrected chi connectivity index (χ1v) is 10.4. The van der Waals surface area contributed by atoms with E-state index in [1.807, 2.05) is 43.5 Å². The number of nitriles is 1.